The van der Waals surface area contributed by atoms with Crippen molar-refractivity contribution in [1.82, 2.24) is 0 Å². The SMILES string of the molecule is Nc1cc2c(cc1OC1CCOC1)N(c1ccc(F)c(Cl)c1)CN=C2. The van der Waals surface area contributed by atoms with Crippen LogP contribution in [0.25, 0.3) is 0 Å². The van der Waals surface area contributed by atoms with Gasteiger partial charge >= 0.3 is 0 Å². The number of fused-ring (bicyclic) bond motifs is 1. The van der Waals surface area contributed by atoms with Crippen LogP contribution in [0.3, 0.4) is 0 Å². The van der Waals surface area contributed by atoms with Crippen molar-refractivity contribution < 1.29 is 13.9 Å². The lowest BCUT2D eigenvalue weighted by atomic mass is 10.1. The molecule has 25 heavy (non-hydrogen) atoms. The van der Waals surface area contributed by atoms with Crippen LogP contribution in [-0.2, 0) is 4.74 Å². The highest BCUT2D eigenvalue weighted by molar-refractivity contribution is 6.31. The van der Waals surface area contributed by atoms with Crippen molar-refractivity contribution in [2.24, 2.45) is 4.99 Å². The van der Waals surface area contributed by atoms with Gasteiger partial charge in [0.25, 0.3) is 0 Å². The van der Waals surface area contributed by atoms with E-state index in [-0.39, 0.29) is 11.1 Å². The van der Waals surface area contributed by atoms with E-state index in [1.165, 1.54) is 6.07 Å². The quantitative estimate of drug-likeness (QED) is 0.846. The molecule has 2 heterocycles. The topological polar surface area (TPSA) is 60.1 Å². The molecule has 0 aliphatic carbocycles. The van der Waals surface area contributed by atoms with Crippen LogP contribution in [0, 0.1) is 5.82 Å². The molecule has 2 N–H and O–H groups in total. The van der Waals surface area contributed by atoms with Gasteiger partial charge in [0.05, 0.1) is 29.6 Å². The van der Waals surface area contributed by atoms with Gasteiger partial charge in [0.1, 0.15) is 24.3 Å². The number of nitrogens with two attached hydrogens (primary N) is 1. The first kappa shape index (κ1) is 16.2. The summed E-state index contributed by atoms with van der Waals surface area (Å²) in [5.74, 6) is 0.163. The molecule has 0 bridgehead atoms. The van der Waals surface area contributed by atoms with Gasteiger partial charge in [0.15, 0.2) is 0 Å². The van der Waals surface area contributed by atoms with Gasteiger partial charge in [-0.1, -0.05) is 11.6 Å². The van der Waals surface area contributed by atoms with Crippen molar-refractivity contribution >= 4 is 34.9 Å². The van der Waals surface area contributed by atoms with Crippen molar-refractivity contribution in [3.63, 3.8) is 0 Å². The van der Waals surface area contributed by atoms with Crippen LogP contribution in [0.4, 0.5) is 21.5 Å². The molecule has 0 amide bonds. The van der Waals surface area contributed by atoms with Gasteiger partial charge in [0, 0.05) is 30.0 Å². The van der Waals surface area contributed by atoms with Crippen molar-refractivity contribution in [2.45, 2.75) is 12.5 Å². The van der Waals surface area contributed by atoms with E-state index in [2.05, 4.69) is 4.99 Å². The van der Waals surface area contributed by atoms with Gasteiger partial charge in [-0.2, -0.15) is 0 Å². The molecular weight excluding hydrogens is 345 g/mol. The first-order valence-corrected chi connectivity index (χ1v) is 8.40. The standard InChI is InChI=1S/C18H17ClFN3O2/c19-14-6-12(1-2-15(14)20)23-10-22-8-11-5-16(21)18(7-17(11)23)25-13-3-4-24-9-13/h1-2,5-8,13H,3-4,9-10,21H2. The molecule has 2 aliphatic heterocycles. The highest BCUT2D eigenvalue weighted by atomic mass is 35.5. The fourth-order valence-electron chi connectivity index (χ4n) is 3.00. The van der Waals surface area contributed by atoms with E-state index in [9.17, 15) is 4.39 Å². The van der Waals surface area contributed by atoms with Crippen LogP contribution in [0.1, 0.15) is 12.0 Å². The summed E-state index contributed by atoms with van der Waals surface area (Å²) in [6, 6.07) is 8.34. The summed E-state index contributed by atoms with van der Waals surface area (Å²) in [6.45, 7) is 1.67. The Kier molecular flexibility index (Phi) is 4.23. The Hall–Kier alpha value is -2.31. The van der Waals surface area contributed by atoms with Crippen molar-refractivity contribution in [3.05, 3.63) is 46.7 Å². The Morgan fingerprint density at radius 2 is 2.20 bits per heavy atom. The predicted octanol–water partition coefficient (Wildman–Crippen LogP) is 3.76. The van der Waals surface area contributed by atoms with Crippen LogP contribution >= 0.6 is 11.6 Å². The predicted molar refractivity (Wildman–Crippen MR) is 96.7 cm³/mol. The normalized spacial score (nSPS) is 19.1. The Morgan fingerprint density at radius 1 is 1.32 bits per heavy atom. The molecule has 7 heteroatoms. The van der Waals surface area contributed by atoms with Crippen molar-refractivity contribution in [3.8, 4) is 5.75 Å². The second kappa shape index (κ2) is 6.54. The van der Waals surface area contributed by atoms with E-state index in [0.717, 1.165) is 23.4 Å². The number of ether oxygens (including phenoxy) is 2. The van der Waals surface area contributed by atoms with Gasteiger partial charge in [-0.15, -0.1) is 0 Å². The highest BCUT2D eigenvalue weighted by Crippen LogP contribution is 2.38. The van der Waals surface area contributed by atoms with E-state index in [1.807, 2.05) is 17.0 Å². The largest absolute Gasteiger partial charge is 0.486 e. The lowest BCUT2D eigenvalue weighted by Crippen LogP contribution is -2.23. The number of halogens is 2. The lowest BCUT2D eigenvalue weighted by molar-refractivity contribution is 0.142. The summed E-state index contributed by atoms with van der Waals surface area (Å²) in [5.41, 5.74) is 9.20. The smallest absolute Gasteiger partial charge is 0.144 e. The van der Waals surface area contributed by atoms with Crippen LogP contribution < -0.4 is 15.4 Å². The minimum Gasteiger partial charge on any atom is -0.486 e. The van der Waals surface area contributed by atoms with Crippen molar-refractivity contribution in [2.75, 3.05) is 30.5 Å². The Balaban J connectivity index is 1.71. The maximum atomic E-state index is 13.5. The second-order valence-electron chi connectivity index (χ2n) is 6.03. The molecule has 2 aromatic rings. The monoisotopic (exact) mass is 361 g/mol. The first-order valence-electron chi connectivity index (χ1n) is 8.02. The molecule has 4 rings (SSSR count). The number of rotatable bonds is 3. The van der Waals surface area contributed by atoms with E-state index in [0.29, 0.717) is 31.3 Å². The van der Waals surface area contributed by atoms with Gasteiger partial charge in [0.2, 0.25) is 0 Å². The average molecular weight is 362 g/mol. The molecule has 1 unspecified atom stereocenters. The molecule has 2 aliphatic rings. The molecule has 5 nitrogen and oxygen atoms in total. The molecule has 1 atom stereocenters. The minimum atomic E-state index is -0.450. The summed E-state index contributed by atoms with van der Waals surface area (Å²) < 4.78 is 24.8. The van der Waals surface area contributed by atoms with E-state index >= 15 is 0 Å². The maximum Gasteiger partial charge on any atom is 0.144 e. The lowest BCUT2D eigenvalue weighted by Gasteiger charge is -2.29. The second-order valence-corrected chi connectivity index (χ2v) is 6.44. The van der Waals surface area contributed by atoms with Crippen LogP contribution in [0.2, 0.25) is 5.02 Å². The van der Waals surface area contributed by atoms with E-state index in [1.54, 1.807) is 18.3 Å². The fraction of sp³-hybridized carbons (Fsp3) is 0.278. The van der Waals surface area contributed by atoms with E-state index in [4.69, 9.17) is 26.8 Å². The summed E-state index contributed by atoms with van der Waals surface area (Å²) in [6.07, 6.45) is 2.62. The zero-order chi connectivity index (χ0) is 17.4. The summed E-state index contributed by atoms with van der Waals surface area (Å²) >= 11 is 5.93. The highest BCUT2D eigenvalue weighted by Gasteiger charge is 2.22. The molecular formula is C18H17ClFN3O2. The molecule has 0 radical (unpaired) electrons. The third-order valence-corrected chi connectivity index (χ3v) is 4.59. The number of nitrogens with zero attached hydrogens (tertiary/aromatic N) is 2. The number of nitrogen functional groups attached to an aromatic ring is 1. The summed E-state index contributed by atoms with van der Waals surface area (Å²) in [5, 5.41) is 0.0728. The molecule has 0 spiro atoms. The van der Waals surface area contributed by atoms with Gasteiger partial charge in [-0.05, 0) is 24.3 Å². The van der Waals surface area contributed by atoms with E-state index < -0.39 is 5.82 Å². The van der Waals surface area contributed by atoms with Gasteiger partial charge in [-0.25, -0.2) is 4.39 Å². The van der Waals surface area contributed by atoms with Crippen LogP contribution in [0.5, 0.6) is 5.75 Å². The number of hydrogen-bond donors (Lipinski definition) is 1. The zero-order valence-corrected chi connectivity index (χ0v) is 14.2. The molecule has 0 aromatic heterocycles. The van der Waals surface area contributed by atoms with Gasteiger partial charge < -0.3 is 20.1 Å². The first-order chi connectivity index (χ1) is 12.1. The molecule has 2 aromatic carbocycles. The number of benzene rings is 2. The Labute approximate surface area is 149 Å². The fourth-order valence-corrected chi connectivity index (χ4v) is 3.17. The minimum absolute atomic E-state index is 0.00585. The maximum absolute atomic E-state index is 13.5. The Bertz CT molecular complexity index is 837. The number of aliphatic imine (C=N–C) groups is 1. The zero-order valence-electron chi connectivity index (χ0n) is 13.4. The molecule has 130 valence electrons. The summed E-state index contributed by atoms with van der Waals surface area (Å²) in [7, 11) is 0. The average Bonchev–Trinajstić information content (AvgIpc) is 3.11. The third-order valence-electron chi connectivity index (χ3n) is 4.30. The summed E-state index contributed by atoms with van der Waals surface area (Å²) in [4.78, 5) is 6.29. The van der Waals surface area contributed by atoms with Crippen LogP contribution in [-0.4, -0.2) is 32.2 Å². The number of hydrogen-bond acceptors (Lipinski definition) is 5. The Morgan fingerprint density at radius 3 is 2.96 bits per heavy atom. The molecule has 0 saturated carbocycles. The third kappa shape index (κ3) is 3.15. The van der Waals surface area contributed by atoms with Gasteiger partial charge in [-0.3, -0.25) is 4.99 Å². The molecule has 1 fully saturated rings. The van der Waals surface area contributed by atoms with Crippen molar-refractivity contribution in [1.29, 1.82) is 0 Å². The van der Waals surface area contributed by atoms with Crippen LogP contribution in [0.15, 0.2) is 35.3 Å². The number of anilines is 3. The molecule has 1 saturated heterocycles.